The van der Waals surface area contributed by atoms with E-state index in [-0.39, 0.29) is 35.1 Å². The van der Waals surface area contributed by atoms with Gasteiger partial charge < -0.3 is 4.90 Å². The van der Waals surface area contributed by atoms with E-state index in [0.717, 1.165) is 22.7 Å². The SMILES string of the molecule is CN1C[C@@H](F)[C@H](N2C(=O)SC(=Cc3ccc4c(cnn4Cc4ccc(Cl)cc4C(F)(F)F)c3)C2=O)C1. The Bertz CT molecular complexity index is 1410. The number of halogens is 5. The van der Waals surface area contributed by atoms with Crippen LogP contribution < -0.4 is 0 Å². The number of fused-ring (bicyclic) bond motifs is 1. The molecule has 0 unspecified atom stereocenters. The van der Waals surface area contributed by atoms with Gasteiger partial charge in [-0.25, -0.2) is 4.39 Å². The Morgan fingerprint density at radius 2 is 1.94 bits per heavy atom. The molecule has 5 rings (SSSR count). The van der Waals surface area contributed by atoms with Crippen LogP contribution in [-0.2, 0) is 17.5 Å². The second kappa shape index (κ2) is 9.20. The first-order valence-electron chi connectivity index (χ1n) is 10.9. The highest BCUT2D eigenvalue weighted by atomic mass is 35.5. The lowest BCUT2D eigenvalue weighted by molar-refractivity contribution is -0.138. The third-order valence-corrected chi connectivity index (χ3v) is 7.34. The number of imide groups is 1. The second-order valence-electron chi connectivity index (χ2n) is 8.78. The van der Waals surface area contributed by atoms with E-state index < -0.39 is 35.1 Å². The minimum Gasteiger partial charge on any atom is -0.301 e. The van der Waals surface area contributed by atoms with Crippen molar-refractivity contribution in [2.75, 3.05) is 20.1 Å². The summed E-state index contributed by atoms with van der Waals surface area (Å²) in [6.45, 7) is 0.321. The predicted octanol–water partition coefficient (Wildman–Crippen LogP) is 5.45. The summed E-state index contributed by atoms with van der Waals surface area (Å²) in [6, 6.07) is 7.89. The number of thioether (sulfide) groups is 1. The van der Waals surface area contributed by atoms with Crippen molar-refractivity contribution in [2.24, 2.45) is 0 Å². The standard InChI is InChI=1S/C24H19ClF4N4O2S/c1-31-11-18(26)20(12-31)33-22(34)21(36-23(33)35)7-13-2-5-19-15(6-13)9-30-32(19)10-14-3-4-16(25)8-17(14)24(27,28)29/h2-9,18,20H,10-12H2,1H3/t18-,20-/m1/s1. The van der Waals surface area contributed by atoms with Gasteiger partial charge in [0.25, 0.3) is 11.1 Å². The molecule has 2 atom stereocenters. The van der Waals surface area contributed by atoms with Gasteiger partial charge in [-0.1, -0.05) is 23.7 Å². The third kappa shape index (κ3) is 4.62. The van der Waals surface area contributed by atoms with Crippen LogP contribution in [0.25, 0.3) is 17.0 Å². The monoisotopic (exact) mass is 538 g/mol. The number of hydrogen-bond acceptors (Lipinski definition) is 5. The van der Waals surface area contributed by atoms with Gasteiger partial charge in [0.1, 0.15) is 6.17 Å². The summed E-state index contributed by atoms with van der Waals surface area (Å²) in [5, 5.41) is 4.36. The van der Waals surface area contributed by atoms with Gasteiger partial charge in [0, 0.05) is 23.5 Å². The maximum absolute atomic E-state index is 14.3. The second-order valence-corrected chi connectivity index (χ2v) is 10.2. The molecule has 0 saturated carbocycles. The van der Waals surface area contributed by atoms with E-state index in [4.69, 9.17) is 11.6 Å². The number of likely N-dealkylation sites (tertiary alicyclic amines) is 1. The van der Waals surface area contributed by atoms with E-state index in [1.54, 1.807) is 36.2 Å². The molecule has 0 radical (unpaired) electrons. The number of carbonyl (C=O) groups excluding carboxylic acids is 2. The summed E-state index contributed by atoms with van der Waals surface area (Å²) in [4.78, 5) is 28.3. The maximum atomic E-state index is 14.3. The quantitative estimate of drug-likeness (QED) is 0.327. The van der Waals surface area contributed by atoms with Crippen LogP contribution in [0.4, 0.5) is 22.4 Å². The van der Waals surface area contributed by atoms with Crippen LogP contribution in [0.15, 0.2) is 47.5 Å². The molecule has 2 saturated heterocycles. The number of rotatable bonds is 4. The Labute approximate surface area is 212 Å². The highest BCUT2D eigenvalue weighted by Gasteiger charge is 2.46. The molecular formula is C24H19ClF4N4O2S. The van der Waals surface area contributed by atoms with Crippen molar-refractivity contribution in [3.8, 4) is 0 Å². The average Bonchev–Trinajstić information content (AvgIpc) is 3.43. The summed E-state index contributed by atoms with van der Waals surface area (Å²) < 4.78 is 56.2. The third-order valence-electron chi connectivity index (χ3n) is 6.22. The first-order valence-corrected chi connectivity index (χ1v) is 12.1. The van der Waals surface area contributed by atoms with Crippen LogP contribution >= 0.6 is 23.4 Å². The van der Waals surface area contributed by atoms with Crippen LogP contribution in [0.3, 0.4) is 0 Å². The van der Waals surface area contributed by atoms with Crippen molar-refractivity contribution in [2.45, 2.75) is 24.9 Å². The molecule has 0 N–H and O–H groups in total. The van der Waals surface area contributed by atoms with Crippen LogP contribution in [0, 0.1) is 0 Å². The molecule has 36 heavy (non-hydrogen) atoms. The summed E-state index contributed by atoms with van der Waals surface area (Å²) in [6.07, 6.45) is -2.79. The van der Waals surface area contributed by atoms with Crippen LogP contribution in [0.1, 0.15) is 16.7 Å². The molecule has 12 heteroatoms. The van der Waals surface area contributed by atoms with Gasteiger partial charge in [-0.3, -0.25) is 19.2 Å². The molecule has 0 aliphatic carbocycles. The fraction of sp³-hybridized carbons (Fsp3) is 0.292. The van der Waals surface area contributed by atoms with Crippen molar-refractivity contribution in [1.29, 1.82) is 0 Å². The van der Waals surface area contributed by atoms with Gasteiger partial charge in [-0.05, 0) is 60.3 Å². The lowest BCUT2D eigenvalue weighted by Gasteiger charge is -2.21. The topological polar surface area (TPSA) is 58.4 Å². The van der Waals surface area contributed by atoms with E-state index in [9.17, 15) is 27.2 Å². The lowest BCUT2D eigenvalue weighted by atomic mass is 10.1. The van der Waals surface area contributed by atoms with Gasteiger partial charge >= 0.3 is 6.18 Å². The van der Waals surface area contributed by atoms with Gasteiger partial charge in [0.15, 0.2) is 0 Å². The highest BCUT2D eigenvalue weighted by Crippen LogP contribution is 2.37. The van der Waals surface area contributed by atoms with Crippen molar-refractivity contribution in [3.63, 3.8) is 0 Å². The van der Waals surface area contributed by atoms with E-state index in [0.29, 0.717) is 16.5 Å². The van der Waals surface area contributed by atoms with Crippen LogP contribution in [0.5, 0.6) is 0 Å². The molecular weight excluding hydrogens is 520 g/mol. The number of carbonyl (C=O) groups is 2. The van der Waals surface area contributed by atoms with E-state index >= 15 is 0 Å². The summed E-state index contributed by atoms with van der Waals surface area (Å²) in [5.74, 6) is -0.536. The number of amides is 2. The minimum absolute atomic E-state index is 0.00700. The number of benzene rings is 2. The highest BCUT2D eigenvalue weighted by molar-refractivity contribution is 8.18. The molecule has 2 aliphatic rings. The van der Waals surface area contributed by atoms with E-state index in [2.05, 4.69) is 5.10 Å². The molecule has 2 fully saturated rings. The molecule has 6 nitrogen and oxygen atoms in total. The smallest absolute Gasteiger partial charge is 0.301 e. The van der Waals surface area contributed by atoms with Gasteiger partial charge in [-0.2, -0.15) is 18.3 Å². The average molecular weight is 539 g/mol. The molecule has 3 heterocycles. The van der Waals surface area contributed by atoms with E-state index in [1.807, 2.05) is 0 Å². The summed E-state index contributed by atoms with van der Waals surface area (Å²) in [5.41, 5.74) is 0.404. The predicted molar refractivity (Wildman–Crippen MR) is 129 cm³/mol. The summed E-state index contributed by atoms with van der Waals surface area (Å²) in [7, 11) is 1.73. The zero-order valence-electron chi connectivity index (χ0n) is 18.8. The Morgan fingerprint density at radius 3 is 2.64 bits per heavy atom. The van der Waals surface area contributed by atoms with Crippen molar-refractivity contribution in [1.82, 2.24) is 19.6 Å². The first-order chi connectivity index (χ1) is 17.0. The van der Waals surface area contributed by atoms with Crippen molar-refractivity contribution in [3.05, 3.63) is 69.2 Å². The van der Waals surface area contributed by atoms with Gasteiger partial charge in [-0.15, -0.1) is 0 Å². The Morgan fingerprint density at radius 1 is 1.17 bits per heavy atom. The number of aromatic nitrogens is 2. The van der Waals surface area contributed by atoms with Crippen molar-refractivity contribution < 1.29 is 27.2 Å². The van der Waals surface area contributed by atoms with Gasteiger partial charge in [0.05, 0.1) is 34.8 Å². The lowest BCUT2D eigenvalue weighted by Crippen LogP contribution is -2.44. The normalized spacial score (nSPS) is 22.5. The fourth-order valence-corrected chi connectivity index (χ4v) is 5.58. The Kier molecular flexibility index (Phi) is 6.34. The van der Waals surface area contributed by atoms with Crippen LogP contribution in [-0.4, -0.2) is 63.1 Å². The molecule has 2 aromatic carbocycles. The molecule has 2 aliphatic heterocycles. The molecule has 188 valence electrons. The summed E-state index contributed by atoms with van der Waals surface area (Å²) >= 11 is 6.53. The minimum atomic E-state index is -4.56. The maximum Gasteiger partial charge on any atom is 0.416 e. The largest absolute Gasteiger partial charge is 0.416 e. The number of hydrogen-bond donors (Lipinski definition) is 0. The molecule has 0 spiro atoms. The molecule has 0 bridgehead atoms. The number of likely N-dealkylation sites (N-methyl/N-ethyl adjacent to an activating group) is 1. The Balaban J connectivity index is 1.40. The molecule has 2 amide bonds. The fourth-order valence-electron chi connectivity index (χ4n) is 4.52. The van der Waals surface area contributed by atoms with Crippen molar-refractivity contribution >= 4 is 51.5 Å². The molecule has 1 aromatic heterocycles. The van der Waals surface area contributed by atoms with E-state index in [1.165, 1.54) is 23.0 Å². The number of alkyl halides is 4. The zero-order valence-corrected chi connectivity index (χ0v) is 20.4. The van der Waals surface area contributed by atoms with Crippen LogP contribution in [0.2, 0.25) is 5.02 Å². The first kappa shape index (κ1) is 24.8. The zero-order chi connectivity index (χ0) is 25.8. The number of nitrogens with zero attached hydrogens (tertiary/aromatic N) is 4. The van der Waals surface area contributed by atoms with Gasteiger partial charge in [0.2, 0.25) is 0 Å². The Hall–Kier alpha value is -2.89. The molecule has 3 aromatic rings.